The molecule has 0 bridgehead atoms. The van der Waals surface area contributed by atoms with Gasteiger partial charge in [-0.15, -0.1) is 0 Å². The number of carbonyl (C=O) groups excluding carboxylic acids is 2. The topological polar surface area (TPSA) is 99.6 Å². The molecule has 1 fully saturated rings. The van der Waals surface area contributed by atoms with Gasteiger partial charge in [-0.05, 0) is 108 Å². The third kappa shape index (κ3) is 7.70. The first-order valence-corrected chi connectivity index (χ1v) is 20.1. The summed E-state index contributed by atoms with van der Waals surface area (Å²) < 4.78 is 29.7. The Bertz CT molecular complexity index is 1910. The number of amidine groups is 1. The van der Waals surface area contributed by atoms with E-state index in [9.17, 15) is 13.2 Å². The van der Waals surface area contributed by atoms with Crippen LogP contribution in [0.2, 0.25) is 10.0 Å². The van der Waals surface area contributed by atoms with E-state index in [4.69, 9.17) is 32.9 Å². The van der Waals surface area contributed by atoms with E-state index in [1.165, 1.54) is 6.26 Å². The first-order chi connectivity index (χ1) is 23.9. The van der Waals surface area contributed by atoms with Crippen LogP contribution in [-0.4, -0.2) is 92.1 Å². The summed E-state index contributed by atoms with van der Waals surface area (Å²) in [6.07, 6.45) is 1.80. The minimum absolute atomic E-state index is 0.0220. The van der Waals surface area contributed by atoms with E-state index < -0.39 is 26.3 Å². The van der Waals surface area contributed by atoms with Gasteiger partial charge in [0.15, 0.2) is 0 Å². The molecule has 0 spiro atoms. The summed E-state index contributed by atoms with van der Waals surface area (Å²) in [5, 5.41) is 1.16. The summed E-state index contributed by atoms with van der Waals surface area (Å²) >= 11 is 12.8. The van der Waals surface area contributed by atoms with E-state index in [1.807, 2.05) is 106 Å². The number of ketones is 1. The molecule has 2 aliphatic rings. The van der Waals surface area contributed by atoms with Crippen LogP contribution in [0, 0.1) is 0 Å². The van der Waals surface area contributed by atoms with Gasteiger partial charge in [-0.3, -0.25) is 19.6 Å². The molecule has 12 heteroatoms. The normalized spacial score (nSPS) is 21.5. The Morgan fingerprint density at radius 1 is 0.902 bits per heavy atom. The summed E-state index contributed by atoms with van der Waals surface area (Å²) in [6.45, 7) is 14.5. The molecule has 51 heavy (non-hydrogen) atoms. The second kappa shape index (κ2) is 14.9. The van der Waals surface area contributed by atoms with E-state index >= 15 is 4.79 Å². The maximum absolute atomic E-state index is 15.2. The predicted octanol–water partition coefficient (Wildman–Crippen LogP) is 7.32. The molecule has 2 aliphatic heterocycles. The molecule has 3 aromatic carbocycles. The van der Waals surface area contributed by atoms with Crippen molar-refractivity contribution in [1.82, 2.24) is 14.7 Å². The van der Waals surface area contributed by atoms with Crippen LogP contribution >= 0.6 is 23.2 Å². The fourth-order valence-corrected chi connectivity index (χ4v) is 7.90. The molecule has 3 aromatic rings. The zero-order chi connectivity index (χ0) is 37.4. The molecule has 0 saturated carbocycles. The van der Waals surface area contributed by atoms with Crippen LogP contribution in [0.15, 0.2) is 71.7 Å². The number of ether oxygens (including phenoxy) is 1. The number of halogens is 2. The van der Waals surface area contributed by atoms with Crippen LogP contribution < -0.4 is 4.74 Å². The molecular formula is C39H48Cl2N4O5S. The quantitative estimate of drug-likeness (QED) is 0.204. The fraction of sp³-hybridized carbons (Fsp3) is 0.462. The Balaban J connectivity index is 1.67. The molecule has 9 nitrogen and oxygen atoms in total. The molecule has 5 rings (SSSR count). The number of urea groups is 1. The zero-order valence-electron chi connectivity index (χ0n) is 30.5. The molecule has 2 heterocycles. The first-order valence-electron chi connectivity index (χ1n) is 17.3. The van der Waals surface area contributed by atoms with Gasteiger partial charge in [-0.1, -0.05) is 53.5 Å². The summed E-state index contributed by atoms with van der Waals surface area (Å²) in [6, 6.07) is 20.6. The average Bonchev–Trinajstić information content (AvgIpc) is 3.32. The number of hydrogen-bond acceptors (Lipinski definition) is 7. The van der Waals surface area contributed by atoms with Crippen molar-refractivity contribution in [2.24, 2.45) is 4.99 Å². The van der Waals surface area contributed by atoms with Gasteiger partial charge in [0.05, 0.1) is 17.9 Å². The van der Waals surface area contributed by atoms with Crippen molar-refractivity contribution in [3.05, 3.63) is 99.0 Å². The number of hydrogen-bond donors (Lipinski definition) is 0. The molecule has 0 N–H and O–H groups in total. The lowest BCUT2D eigenvalue weighted by Crippen LogP contribution is -2.60. The summed E-state index contributed by atoms with van der Waals surface area (Å²) in [5.41, 5.74) is 0.296. The predicted molar refractivity (Wildman–Crippen MR) is 205 cm³/mol. The minimum atomic E-state index is -3.05. The van der Waals surface area contributed by atoms with Crippen molar-refractivity contribution in [1.29, 1.82) is 0 Å². The summed E-state index contributed by atoms with van der Waals surface area (Å²) in [7, 11) is -3.05. The third-order valence-corrected chi connectivity index (χ3v) is 12.2. The molecule has 0 unspecified atom stereocenters. The Morgan fingerprint density at radius 3 is 2.00 bits per heavy atom. The van der Waals surface area contributed by atoms with Crippen molar-refractivity contribution in [2.45, 2.75) is 64.5 Å². The van der Waals surface area contributed by atoms with E-state index in [0.29, 0.717) is 72.9 Å². The number of piperazine rings is 1. The van der Waals surface area contributed by atoms with Crippen LogP contribution in [0.5, 0.6) is 5.75 Å². The van der Waals surface area contributed by atoms with Crippen molar-refractivity contribution in [3.63, 3.8) is 0 Å². The number of amides is 2. The SMILES string of the molecule is CCOc1cc(C(C)(C)C(C)=O)ccc1C1=N[C@@](C)(c2ccc(Cl)cc2)[C@@](C)(c2ccc(Cl)cc2)N1C(=O)N1CCN(CCCS(C)(=O)=O)CC1. The molecule has 0 radical (unpaired) electrons. The molecule has 2 atom stereocenters. The number of aliphatic imine (C=N–C) groups is 1. The highest BCUT2D eigenvalue weighted by Gasteiger charge is 2.60. The molecular weight excluding hydrogens is 707 g/mol. The number of rotatable bonds is 11. The number of sulfone groups is 1. The summed E-state index contributed by atoms with van der Waals surface area (Å²) in [5.74, 6) is 1.12. The Hall–Kier alpha value is -3.44. The van der Waals surface area contributed by atoms with Gasteiger partial charge in [-0.25, -0.2) is 13.2 Å². The molecule has 1 saturated heterocycles. The van der Waals surface area contributed by atoms with Gasteiger partial charge in [0.25, 0.3) is 0 Å². The highest BCUT2D eigenvalue weighted by molar-refractivity contribution is 7.90. The average molecular weight is 756 g/mol. The van der Waals surface area contributed by atoms with Gasteiger partial charge in [-0.2, -0.15) is 0 Å². The molecule has 274 valence electrons. The van der Waals surface area contributed by atoms with E-state index in [0.717, 1.165) is 16.7 Å². The van der Waals surface area contributed by atoms with Crippen molar-refractivity contribution in [2.75, 3.05) is 51.3 Å². The first kappa shape index (κ1) is 38.8. The van der Waals surface area contributed by atoms with Gasteiger partial charge >= 0.3 is 6.03 Å². The van der Waals surface area contributed by atoms with Crippen LogP contribution in [0.4, 0.5) is 4.79 Å². The largest absolute Gasteiger partial charge is 0.493 e. The van der Waals surface area contributed by atoms with Gasteiger partial charge < -0.3 is 9.64 Å². The number of nitrogens with zero attached hydrogens (tertiary/aromatic N) is 4. The van der Waals surface area contributed by atoms with Crippen molar-refractivity contribution >= 4 is 50.7 Å². The van der Waals surface area contributed by atoms with Crippen LogP contribution in [0.25, 0.3) is 0 Å². The van der Waals surface area contributed by atoms with Crippen molar-refractivity contribution < 1.29 is 22.7 Å². The van der Waals surface area contributed by atoms with Crippen LogP contribution in [-0.2, 0) is 31.1 Å². The number of carbonyl (C=O) groups is 2. The smallest absolute Gasteiger partial charge is 0.326 e. The summed E-state index contributed by atoms with van der Waals surface area (Å²) in [4.78, 5) is 39.2. The van der Waals surface area contributed by atoms with Crippen LogP contribution in [0.3, 0.4) is 0 Å². The van der Waals surface area contributed by atoms with Gasteiger partial charge in [0.2, 0.25) is 0 Å². The van der Waals surface area contributed by atoms with Gasteiger partial charge in [0, 0.05) is 47.9 Å². The monoisotopic (exact) mass is 754 g/mol. The van der Waals surface area contributed by atoms with Gasteiger partial charge in [0.1, 0.15) is 38.3 Å². The minimum Gasteiger partial charge on any atom is -0.493 e. The highest BCUT2D eigenvalue weighted by Crippen LogP contribution is 2.54. The number of benzene rings is 3. The maximum atomic E-state index is 15.2. The molecule has 0 aliphatic carbocycles. The van der Waals surface area contributed by atoms with E-state index in [2.05, 4.69) is 4.90 Å². The Morgan fingerprint density at radius 2 is 1.47 bits per heavy atom. The Kier molecular flexibility index (Phi) is 11.3. The van der Waals surface area contributed by atoms with E-state index in [-0.39, 0.29) is 17.6 Å². The van der Waals surface area contributed by atoms with E-state index in [1.54, 1.807) is 11.8 Å². The maximum Gasteiger partial charge on any atom is 0.326 e. The lowest BCUT2D eigenvalue weighted by atomic mass is 9.71. The zero-order valence-corrected chi connectivity index (χ0v) is 32.8. The standard InChI is InChI=1S/C39H48Cl2N4O5S/c1-8-50-34-26-30(37(3,4)27(2)46)14-19-33(34)35-42-38(5,28-10-15-31(40)16-11-28)39(6,29-12-17-32(41)18-13-29)45(35)36(47)44-23-21-43(22-24-44)20-9-25-51(7,48)49/h10-19,26H,8-9,20-25H2,1-7H3/t38-,39+/m0/s1. The third-order valence-electron chi connectivity index (χ3n) is 10.7. The Labute approximate surface area is 312 Å². The second-order valence-electron chi connectivity index (χ2n) is 14.3. The fourth-order valence-electron chi connectivity index (χ4n) is 7.00. The second-order valence-corrected chi connectivity index (χ2v) is 17.5. The lowest BCUT2D eigenvalue weighted by Gasteiger charge is -2.47. The van der Waals surface area contributed by atoms with Crippen molar-refractivity contribution in [3.8, 4) is 5.75 Å². The number of Topliss-reactive ketones (excluding diaryl/α,β-unsaturated/α-hetero) is 1. The molecule has 0 aromatic heterocycles. The molecule has 2 amide bonds. The highest BCUT2D eigenvalue weighted by atomic mass is 35.5. The van der Waals surface area contributed by atoms with Crippen LogP contribution in [0.1, 0.15) is 70.2 Å². The lowest BCUT2D eigenvalue weighted by molar-refractivity contribution is -0.121.